The number of thiazole rings is 1. The van der Waals surface area contributed by atoms with Crippen LogP contribution < -0.4 is 10.5 Å². The van der Waals surface area contributed by atoms with E-state index in [2.05, 4.69) is 9.71 Å². The van der Waals surface area contributed by atoms with Crippen LogP contribution in [-0.2, 0) is 27.9 Å². The second-order valence-corrected chi connectivity index (χ2v) is 9.09. The van der Waals surface area contributed by atoms with E-state index in [0.29, 0.717) is 30.3 Å². The van der Waals surface area contributed by atoms with Gasteiger partial charge in [0.15, 0.2) is 0 Å². The Morgan fingerprint density at radius 2 is 2.12 bits per heavy atom. The third-order valence-corrected chi connectivity index (χ3v) is 5.39. The smallest absolute Gasteiger partial charge is 0.321 e. The molecule has 25 heavy (non-hydrogen) atoms. The molecule has 0 aliphatic carbocycles. The maximum atomic E-state index is 12.6. The van der Waals surface area contributed by atoms with Crippen LogP contribution >= 0.6 is 11.3 Å². The number of rotatable bonds is 8. The second-order valence-electron chi connectivity index (χ2n) is 6.31. The molecule has 0 radical (unpaired) electrons. The normalized spacial score (nSPS) is 16.7. The lowest BCUT2D eigenvalue weighted by atomic mass is 10.0. The fourth-order valence-electron chi connectivity index (χ4n) is 2.74. The molecule has 140 valence electrons. The molecule has 0 saturated carbocycles. The fourth-order valence-corrected chi connectivity index (χ4v) is 3.95. The number of amides is 3. The highest BCUT2D eigenvalue weighted by atomic mass is 32.2. The van der Waals surface area contributed by atoms with Crippen LogP contribution in [0.3, 0.4) is 0 Å². The number of urea groups is 1. The van der Waals surface area contributed by atoms with E-state index in [4.69, 9.17) is 5.73 Å². The molecule has 9 nitrogen and oxygen atoms in total. The SMILES string of the molecule is CC(C)C(C(N)=O)N1CCN(Cc2csc(CNS(C)(=O)=O)n2)C1=O. The molecule has 0 aromatic carbocycles. The van der Waals surface area contributed by atoms with Crippen molar-refractivity contribution < 1.29 is 18.0 Å². The van der Waals surface area contributed by atoms with E-state index in [0.717, 1.165) is 6.26 Å². The summed E-state index contributed by atoms with van der Waals surface area (Å²) in [6, 6.07) is -0.858. The van der Waals surface area contributed by atoms with Gasteiger partial charge in [0, 0.05) is 18.5 Å². The first-order valence-electron chi connectivity index (χ1n) is 7.81. The molecule has 0 spiro atoms. The summed E-state index contributed by atoms with van der Waals surface area (Å²) >= 11 is 1.33. The van der Waals surface area contributed by atoms with Crippen molar-refractivity contribution in [2.75, 3.05) is 19.3 Å². The summed E-state index contributed by atoms with van der Waals surface area (Å²) in [6.45, 7) is 5.08. The van der Waals surface area contributed by atoms with Gasteiger partial charge in [0.25, 0.3) is 0 Å². The van der Waals surface area contributed by atoms with Crippen molar-refractivity contribution in [2.45, 2.75) is 33.0 Å². The largest absolute Gasteiger partial charge is 0.368 e. The Hall–Kier alpha value is -1.72. The van der Waals surface area contributed by atoms with Crippen LogP contribution in [0.4, 0.5) is 4.79 Å². The molecule has 1 saturated heterocycles. The summed E-state index contributed by atoms with van der Waals surface area (Å²) in [5, 5.41) is 2.42. The van der Waals surface area contributed by atoms with Gasteiger partial charge in [-0.25, -0.2) is 22.9 Å². The number of primary amides is 1. The molecular weight excluding hydrogens is 366 g/mol. The molecule has 1 aromatic heterocycles. The maximum Gasteiger partial charge on any atom is 0.321 e. The highest BCUT2D eigenvalue weighted by Crippen LogP contribution is 2.20. The summed E-state index contributed by atoms with van der Waals surface area (Å²) in [7, 11) is -3.28. The number of sulfonamides is 1. The van der Waals surface area contributed by atoms with Crippen LogP contribution in [-0.4, -0.2) is 60.5 Å². The van der Waals surface area contributed by atoms with Crippen LogP contribution in [0.25, 0.3) is 0 Å². The molecule has 1 atom stereocenters. The van der Waals surface area contributed by atoms with Gasteiger partial charge < -0.3 is 15.5 Å². The molecule has 2 heterocycles. The van der Waals surface area contributed by atoms with Crippen molar-refractivity contribution >= 4 is 33.3 Å². The number of nitrogens with one attached hydrogen (secondary N) is 1. The topological polar surface area (TPSA) is 126 Å². The zero-order chi connectivity index (χ0) is 18.8. The third-order valence-electron chi connectivity index (χ3n) is 3.82. The molecule has 1 aliphatic rings. The van der Waals surface area contributed by atoms with Crippen molar-refractivity contribution in [1.82, 2.24) is 19.5 Å². The van der Waals surface area contributed by atoms with Crippen LogP contribution in [0, 0.1) is 5.92 Å². The van der Waals surface area contributed by atoms with Crippen molar-refractivity contribution in [3.63, 3.8) is 0 Å². The van der Waals surface area contributed by atoms with Gasteiger partial charge >= 0.3 is 6.03 Å². The summed E-state index contributed by atoms with van der Waals surface area (Å²) in [5.41, 5.74) is 6.12. The first-order chi connectivity index (χ1) is 11.6. The molecule has 1 fully saturated rings. The highest BCUT2D eigenvalue weighted by molar-refractivity contribution is 7.88. The van der Waals surface area contributed by atoms with E-state index in [-0.39, 0.29) is 18.5 Å². The Bertz CT molecular complexity index is 746. The van der Waals surface area contributed by atoms with Gasteiger partial charge in [0.05, 0.1) is 25.0 Å². The van der Waals surface area contributed by atoms with Crippen molar-refractivity contribution in [2.24, 2.45) is 11.7 Å². The van der Waals surface area contributed by atoms with Gasteiger partial charge in [-0.05, 0) is 5.92 Å². The monoisotopic (exact) mass is 389 g/mol. The second kappa shape index (κ2) is 7.67. The average molecular weight is 390 g/mol. The predicted octanol–water partition coefficient (Wildman–Crippen LogP) is -0.0602. The molecular formula is C14H23N5O4S2. The number of nitrogens with two attached hydrogens (primary N) is 1. The Labute approximate surface area is 151 Å². The molecule has 0 bridgehead atoms. The van der Waals surface area contributed by atoms with Crippen molar-refractivity contribution in [3.05, 3.63) is 16.1 Å². The molecule has 3 amide bonds. The number of aromatic nitrogens is 1. The van der Waals surface area contributed by atoms with Gasteiger partial charge in [0.1, 0.15) is 11.0 Å². The van der Waals surface area contributed by atoms with Crippen LogP contribution in [0.2, 0.25) is 0 Å². The Morgan fingerprint density at radius 1 is 1.44 bits per heavy atom. The zero-order valence-corrected chi connectivity index (χ0v) is 16.1. The lowest BCUT2D eigenvalue weighted by molar-refractivity contribution is -0.123. The quantitative estimate of drug-likeness (QED) is 0.644. The van der Waals surface area contributed by atoms with Gasteiger partial charge in [-0.15, -0.1) is 11.3 Å². The minimum absolute atomic E-state index is 0.0608. The van der Waals surface area contributed by atoms with E-state index < -0.39 is 22.0 Å². The molecule has 3 N–H and O–H groups in total. The summed E-state index contributed by atoms with van der Waals surface area (Å²) in [4.78, 5) is 31.6. The molecule has 1 aromatic rings. The Balaban J connectivity index is 1.99. The first-order valence-corrected chi connectivity index (χ1v) is 10.6. The standard InChI is InChI=1S/C14H23N5O4S2/c1-9(2)12(13(15)20)19-5-4-18(14(19)21)7-10-8-24-11(17-10)6-16-25(3,22)23/h8-9,12,16H,4-7H2,1-3H3,(H2,15,20). The fraction of sp³-hybridized carbons (Fsp3) is 0.643. The zero-order valence-electron chi connectivity index (χ0n) is 14.4. The van der Waals surface area contributed by atoms with Crippen LogP contribution in [0.1, 0.15) is 24.5 Å². The van der Waals surface area contributed by atoms with Crippen molar-refractivity contribution in [1.29, 1.82) is 0 Å². The molecule has 1 aliphatic heterocycles. The van der Waals surface area contributed by atoms with Gasteiger partial charge in [-0.2, -0.15) is 0 Å². The highest BCUT2D eigenvalue weighted by Gasteiger charge is 2.38. The summed E-state index contributed by atoms with van der Waals surface area (Å²) < 4.78 is 24.6. The van der Waals surface area contributed by atoms with Crippen molar-refractivity contribution in [3.8, 4) is 0 Å². The lowest BCUT2D eigenvalue weighted by Crippen LogP contribution is -2.49. The van der Waals surface area contributed by atoms with E-state index in [9.17, 15) is 18.0 Å². The summed E-state index contributed by atoms with van der Waals surface area (Å²) in [6.07, 6.45) is 1.09. The van der Waals surface area contributed by atoms with E-state index >= 15 is 0 Å². The molecule has 1 unspecified atom stereocenters. The van der Waals surface area contributed by atoms with Crippen LogP contribution in [0.15, 0.2) is 5.38 Å². The van der Waals surface area contributed by atoms with Crippen LogP contribution in [0.5, 0.6) is 0 Å². The summed E-state index contributed by atoms with van der Waals surface area (Å²) in [5.74, 6) is -0.567. The number of nitrogens with zero attached hydrogens (tertiary/aromatic N) is 3. The first kappa shape index (κ1) is 19.6. The minimum Gasteiger partial charge on any atom is -0.368 e. The minimum atomic E-state index is -3.28. The van der Waals surface area contributed by atoms with E-state index in [1.807, 2.05) is 13.8 Å². The van der Waals surface area contributed by atoms with Gasteiger partial charge in [-0.1, -0.05) is 13.8 Å². The number of hydrogen-bond donors (Lipinski definition) is 2. The Kier molecular flexibility index (Phi) is 6.01. The maximum absolute atomic E-state index is 12.6. The molecule has 2 rings (SSSR count). The third kappa shape index (κ3) is 5.13. The number of carbonyl (C=O) groups excluding carboxylic acids is 2. The average Bonchev–Trinajstić information content (AvgIpc) is 3.06. The number of carbonyl (C=O) groups is 2. The molecule has 11 heteroatoms. The lowest BCUT2D eigenvalue weighted by Gasteiger charge is -2.28. The predicted molar refractivity (Wildman–Crippen MR) is 94.1 cm³/mol. The van der Waals surface area contributed by atoms with E-state index in [1.165, 1.54) is 16.2 Å². The Morgan fingerprint density at radius 3 is 2.68 bits per heavy atom. The van der Waals surface area contributed by atoms with Gasteiger partial charge in [0.2, 0.25) is 15.9 Å². The number of hydrogen-bond acceptors (Lipinski definition) is 6. The van der Waals surface area contributed by atoms with Gasteiger partial charge in [-0.3, -0.25) is 4.79 Å². The van der Waals surface area contributed by atoms with E-state index in [1.54, 1.807) is 10.3 Å².